The van der Waals surface area contributed by atoms with E-state index in [-0.39, 0.29) is 32.2 Å². The molecule has 0 spiro atoms. The Bertz CT molecular complexity index is 1850. The van der Waals surface area contributed by atoms with Gasteiger partial charge in [-0.25, -0.2) is 4.98 Å². The average Bonchev–Trinajstić information content (AvgIpc) is 2.98. The molecule has 0 unspecified atom stereocenters. The van der Waals surface area contributed by atoms with E-state index in [2.05, 4.69) is 73.3 Å². The monoisotopic (exact) mass is 699 g/mol. The number of phenols is 1. The number of fused-ring (bicyclic) bond motifs is 3. The molecule has 4 aromatic carbocycles. The first-order chi connectivity index (χ1) is 19.0. The van der Waals surface area contributed by atoms with Gasteiger partial charge < -0.3 is 10.0 Å². The second kappa shape index (κ2) is 10.0. The SMILES string of the molecule is CC1(C)c2ccc(-c3ccc4c(-c5ccccc5)ccc(O)c4n3)[c-]c2N(c2ccccn2)c2ccccc21.[Pt]. The van der Waals surface area contributed by atoms with Crippen molar-refractivity contribution in [3.63, 3.8) is 0 Å². The molecule has 0 radical (unpaired) electrons. The Labute approximate surface area is 248 Å². The van der Waals surface area contributed by atoms with Gasteiger partial charge in [-0.1, -0.05) is 86.1 Å². The standard InChI is InChI=1S/C35H26N3O.Pt/c1-35(2)27-12-6-7-13-30(27)38(33-14-8-9-21-36-33)31-22-24(15-18-28(31)35)29-19-16-26-25(23-10-4-3-5-11-23)17-20-32(39)34(26)37-29;/h3-21,39H,1-2H3;/q-1;. The van der Waals surface area contributed by atoms with E-state index in [9.17, 15) is 5.11 Å². The van der Waals surface area contributed by atoms with Crippen LogP contribution in [0.5, 0.6) is 5.75 Å². The maximum atomic E-state index is 10.8. The topological polar surface area (TPSA) is 49.3 Å². The molecule has 0 saturated heterocycles. The molecular weight excluding hydrogens is 673 g/mol. The van der Waals surface area contributed by atoms with Crippen molar-refractivity contribution in [2.24, 2.45) is 0 Å². The zero-order chi connectivity index (χ0) is 26.6. The molecule has 198 valence electrons. The third-order valence-electron chi connectivity index (χ3n) is 7.72. The van der Waals surface area contributed by atoms with Crippen LogP contribution in [0.1, 0.15) is 25.0 Å². The third-order valence-corrected chi connectivity index (χ3v) is 7.72. The molecule has 4 nitrogen and oxygen atoms in total. The predicted molar refractivity (Wildman–Crippen MR) is 158 cm³/mol. The van der Waals surface area contributed by atoms with Crippen molar-refractivity contribution in [2.45, 2.75) is 19.3 Å². The van der Waals surface area contributed by atoms with E-state index in [1.165, 1.54) is 11.1 Å². The van der Waals surface area contributed by atoms with E-state index in [0.29, 0.717) is 5.52 Å². The van der Waals surface area contributed by atoms with Crippen LogP contribution in [0.25, 0.3) is 33.3 Å². The largest absolute Gasteiger partial charge is 0.506 e. The number of anilines is 3. The van der Waals surface area contributed by atoms with Gasteiger partial charge in [0.15, 0.2) is 0 Å². The summed E-state index contributed by atoms with van der Waals surface area (Å²) in [6, 6.07) is 40.3. The van der Waals surface area contributed by atoms with Gasteiger partial charge in [-0.2, -0.15) is 0 Å². The molecule has 1 aliphatic rings. The summed E-state index contributed by atoms with van der Waals surface area (Å²) in [6.45, 7) is 4.51. The molecule has 2 aromatic heterocycles. The van der Waals surface area contributed by atoms with Crippen molar-refractivity contribution >= 4 is 28.1 Å². The van der Waals surface area contributed by atoms with E-state index in [0.717, 1.165) is 45.0 Å². The Balaban J connectivity index is 0.00000289. The van der Waals surface area contributed by atoms with E-state index in [1.807, 2.05) is 60.8 Å². The number of hydrogen-bond donors (Lipinski definition) is 1. The molecule has 0 atom stereocenters. The number of rotatable bonds is 3. The summed E-state index contributed by atoms with van der Waals surface area (Å²) in [5.74, 6) is 1.00. The van der Waals surface area contributed by atoms with Gasteiger partial charge >= 0.3 is 0 Å². The maximum absolute atomic E-state index is 10.8. The van der Waals surface area contributed by atoms with Crippen molar-refractivity contribution in [2.75, 3.05) is 4.90 Å². The molecular formula is C35H26N3OPt-. The van der Waals surface area contributed by atoms with Gasteiger partial charge in [-0.15, -0.1) is 23.8 Å². The first-order valence-corrected chi connectivity index (χ1v) is 13.1. The van der Waals surface area contributed by atoms with Gasteiger partial charge in [0.1, 0.15) is 17.1 Å². The number of para-hydroxylation sites is 1. The van der Waals surface area contributed by atoms with Gasteiger partial charge in [-0.3, -0.25) is 4.98 Å². The molecule has 6 aromatic rings. The number of aromatic hydroxyl groups is 1. The Morgan fingerprint density at radius 2 is 1.52 bits per heavy atom. The minimum absolute atomic E-state index is 0. The van der Waals surface area contributed by atoms with E-state index >= 15 is 0 Å². The minimum Gasteiger partial charge on any atom is -0.506 e. The fraction of sp³-hybridized carbons (Fsp3) is 0.0857. The van der Waals surface area contributed by atoms with Crippen molar-refractivity contribution < 1.29 is 26.2 Å². The number of benzene rings is 4. The normalized spacial score (nSPS) is 13.3. The molecule has 0 saturated carbocycles. The average molecular weight is 700 g/mol. The Morgan fingerprint density at radius 3 is 2.33 bits per heavy atom. The minimum atomic E-state index is -0.216. The van der Waals surface area contributed by atoms with Crippen LogP contribution in [-0.4, -0.2) is 15.1 Å². The number of pyridine rings is 2. The van der Waals surface area contributed by atoms with E-state index in [4.69, 9.17) is 9.97 Å². The smallest absolute Gasteiger partial charge is 0.140 e. The molecule has 5 heteroatoms. The fourth-order valence-electron chi connectivity index (χ4n) is 5.72. The maximum Gasteiger partial charge on any atom is 0.140 e. The number of hydrogen-bond acceptors (Lipinski definition) is 4. The second-order valence-electron chi connectivity index (χ2n) is 10.4. The van der Waals surface area contributed by atoms with Crippen LogP contribution < -0.4 is 4.90 Å². The van der Waals surface area contributed by atoms with Crippen molar-refractivity contribution in [1.82, 2.24) is 9.97 Å². The Hall–Kier alpha value is -4.27. The predicted octanol–water partition coefficient (Wildman–Crippen LogP) is 8.58. The number of phenolic OH excluding ortho intramolecular Hbond substituents is 1. The third kappa shape index (κ3) is 4.11. The zero-order valence-corrected chi connectivity index (χ0v) is 24.3. The summed E-state index contributed by atoms with van der Waals surface area (Å²) < 4.78 is 0. The Morgan fingerprint density at radius 1 is 0.750 bits per heavy atom. The summed E-state index contributed by atoms with van der Waals surface area (Å²) >= 11 is 0. The summed E-state index contributed by atoms with van der Waals surface area (Å²) in [7, 11) is 0. The Kier molecular flexibility index (Phi) is 6.52. The first kappa shape index (κ1) is 26.0. The van der Waals surface area contributed by atoms with Crippen LogP contribution in [0.15, 0.2) is 115 Å². The molecule has 0 amide bonds. The summed E-state index contributed by atoms with van der Waals surface area (Å²) in [6.07, 6.45) is 1.82. The molecule has 1 N–H and O–H groups in total. The number of nitrogens with zero attached hydrogens (tertiary/aromatic N) is 3. The zero-order valence-electron chi connectivity index (χ0n) is 22.1. The van der Waals surface area contributed by atoms with Gasteiger partial charge in [0.2, 0.25) is 0 Å². The summed E-state index contributed by atoms with van der Waals surface area (Å²) in [4.78, 5) is 11.8. The number of aromatic nitrogens is 2. The molecule has 1 aliphatic heterocycles. The van der Waals surface area contributed by atoms with Crippen molar-refractivity contribution in [3.8, 4) is 28.1 Å². The second-order valence-corrected chi connectivity index (χ2v) is 10.4. The van der Waals surface area contributed by atoms with Gasteiger partial charge in [-0.05, 0) is 63.8 Å². The van der Waals surface area contributed by atoms with Crippen LogP contribution in [-0.2, 0) is 26.5 Å². The fourth-order valence-corrected chi connectivity index (χ4v) is 5.72. The molecule has 0 aliphatic carbocycles. The molecule has 7 rings (SSSR count). The van der Waals surface area contributed by atoms with E-state index in [1.54, 1.807) is 6.07 Å². The molecule has 0 bridgehead atoms. The van der Waals surface area contributed by atoms with Gasteiger partial charge in [0.05, 0.1) is 0 Å². The van der Waals surface area contributed by atoms with Crippen LogP contribution in [0.4, 0.5) is 17.2 Å². The molecule has 0 fully saturated rings. The molecule has 40 heavy (non-hydrogen) atoms. The quantitative estimate of drug-likeness (QED) is 0.188. The first-order valence-electron chi connectivity index (χ1n) is 13.1. The van der Waals surface area contributed by atoms with Crippen LogP contribution in [0, 0.1) is 6.07 Å². The summed E-state index contributed by atoms with van der Waals surface area (Å²) in [5, 5.41) is 11.7. The molecule has 3 heterocycles. The summed E-state index contributed by atoms with van der Waals surface area (Å²) in [5.41, 5.74) is 8.56. The van der Waals surface area contributed by atoms with Gasteiger partial charge in [0.25, 0.3) is 0 Å². The van der Waals surface area contributed by atoms with E-state index < -0.39 is 0 Å². The van der Waals surface area contributed by atoms with Crippen LogP contribution in [0.3, 0.4) is 0 Å². The van der Waals surface area contributed by atoms with Crippen molar-refractivity contribution in [1.29, 1.82) is 0 Å². The van der Waals surface area contributed by atoms with Gasteiger partial charge in [0, 0.05) is 38.3 Å². The van der Waals surface area contributed by atoms with Crippen LogP contribution >= 0.6 is 0 Å². The van der Waals surface area contributed by atoms with Crippen LogP contribution in [0.2, 0.25) is 0 Å². The van der Waals surface area contributed by atoms with Crippen molar-refractivity contribution in [3.05, 3.63) is 133 Å².